The van der Waals surface area contributed by atoms with Crippen LogP contribution in [0.5, 0.6) is 5.75 Å². The summed E-state index contributed by atoms with van der Waals surface area (Å²) in [6.07, 6.45) is 3.34. The maximum absolute atomic E-state index is 14.9. The minimum absolute atomic E-state index is 0.0546. The van der Waals surface area contributed by atoms with E-state index in [1.807, 2.05) is 32.9 Å². The van der Waals surface area contributed by atoms with Crippen LogP contribution in [0.1, 0.15) is 83.7 Å². The van der Waals surface area contributed by atoms with Crippen molar-refractivity contribution >= 4 is 37.7 Å². The summed E-state index contributed by atoms with van der Waals surface area (Å²) in [6, 6.07) is 15.0. The van der Waals surface area contributed by atoms with Gasteiger partial charge in [-0.25, -0.2) is 10.4 Å². The number of nitrogens with zero attached hydrogens (tertiary/aromatic N) is 6. The monoisotopic (exact) mass is 946 g/mol. The van der Waals surface area contributed by atoms with Crippen LogP contribution in [0.2, 0.25) is 5.54 Å². The van der Waals surface area contributed by atoms with E-state index in [2.05, 4.69) is 71.4 Å². The molecule has 7 heterocycles. The van der Waals surface area contributed by atoms with E-state index in [9.17, 15) is 24.6 Å². The number of aliphatic hydroxyl groups is 1. The number of hydrogen-bond acceptors (Lipinski definition) is 12. The summed E-state index contributed by atoms with van der Waals surface area (Å²) in [5, 5.41) is 26.5. The first-order valence-corrected chi connectivity index (χ1v) is 25.6. The van der Waals surface area contributed by atoms with Crippen LogP contribution in [-0.2, 0) is 43.2 Å². The van der Waals surface area contributed by atoms with Crippen LogP contribution in [-0.4, -0.2) is 145 Å². The number of hydrazine groups is 1. The van der Waals surface area contributed by atoms with E-state index in [4.69, 9.17) is 14.5 Å². The average molecular weight is 946 g/mol. The number of nitrogens with one attached hydrogen (secondary N) is 1. The number of aromatic hydroxyl groups is 1. The van der Waals surface area contributed by atoms with E-state index in [1.54, 1.807) is 42.4 Å². The molecule has 6 unspecified atom stereocenters. The molecule has 68 heavy (non-hydrogen) atoms. The van der Waals surface area contributed by atoms with Gasteiger partial charge in [0, 0.05) is 92.7 Å². The van der Waals surface area contributed by atoms with Gasteiger partial charge in [-0.15, -0.1) is 0 Å². The van der Waals surface area contributed by atoms with Crippen molar-refractivity contribution in [2.75, 3.05) is 60.0 Å². The number of allylic oxidation sites excluding steroid dienone is 1. The number of methoxy groups -OCH3 is 1. The van der Waals surface area contributed by atoms with Gasteiger partial charge in [0.15, 0.2) is 0 Å². The number of rotatable bonds is 11. The van der Waals surface area contributed by atoms with Crippen LogP contribution in [0.15, 0.2) is 67.0 Å². The van der Waals surface area contributed by atoms with E-state index in [0.717, 1.165) is 82.7 Å². The highest BCUT2D eigenvalue weighted by atomic mass is 28.2. The van der Waals surface area contributed by atoms with Gasteiger partial charge in [0.2, 0.25) is 5.91 Å². The van der Waals surface area contributed by atoms with Crippen LogP contribution < -0.4 is 5.43 Å². The minimum atomic E-state index is -1.18. The van der Waals surface area contributed by atoms with Crippen molar-refractivity contribution < 1.29 is 34.1 Å². The number of hydrogen-bond donors (Lipinski definition) is 3. The molecule has 2 aromatic heterocycles. The molecule has 1 amide bonds. The van der Waals surface area contributed by atoms with E-state index >= 15 is 0 Å². The van der Waals surface area contributed by atoms with Gasteiger partial charge in [-0.05, 0) is 117 Å². The molecule has 9 rings (SSSR count). The summed E-state index contributed by atoms with van der Waals surface area (Å²) in [7, 11) is 3.03. The Morgan fingerprint density at radius 3 is 2.60 bits per heavy atom. The number of aromatic nitrogens is 2. The van der Waals surface area contributed by atoms with Crippen molar-refractivity contribution in [1.82, 2.24) is 34.7 Å². The number of aryl methyl sites for hydroxylation is 1. The van der Waals surface area contributed by atoms with E-state index in [1.165, 1.54) is 0 Å². The number of carbonyl (C=O) groups is 3. The predicted molar refractivity (Wildman–Crippen MR) is 266 cm³/mol. The number of aliphatic hydroxyl groups excluding tert-OH is 1. The summed E-state index contributed by atoms with van der Waals surface area (Å²) in [5.74, 6) is -1.24. The normalized spacial score (nSPS) is 26.1. The van der Waals surface area contributed by atoms with Gasteiger partial charge in [0.1, 0.15) is 39.0 Å². The molecule has 4 saturated heterocycles. The van der Waals surface area contributed by atoms with Crippen molar-refractivity contribution in [3.05, 3.63) is 83.8 Å². The minimum Gasteiger partial charge on any atom is -0.508 e. The van der Waals surface area contributed by atoms with Crippen LogP contribution in [0.3, 0.4) is 0 Å². The fraction of sp³-hybridized carbons (Fsp3) is 0.547. The maximum atomic E-state index is 14.9. The molecule has 2 aromatic carbocycles. The number of esters is 1. The van der Waals surface area contributed by atoms with Gasteiger partial charge in [0.25, 0.3) is 0 Å². The molecular weight excluding hydrogens is 875 g/mol. The van der Waals surface area contributed by atoms with Crippen LogP contribution >= 0.6 is 0 Å². The smallest absolute Gasteiger partial charge is 0.324 e. The molecule has 3 N–H and O–H groups in total. The van der Waals surface area contributed by atoms with Crippen molar-refractivity contribution in [3.63, 3.8) is 0 Å². The van der Waals surface area contributed by atoms with Gasteiger partial charge in [-0.3, -0.25) is 24.4 Å². The number of fused-ring (bicyclic) bond motifs is 10. The second-order valence-corrected chi connectivity index (χ2v) is 22.0. The molecule has 15 heteroatoms. The Morgan fingerprint density at radius 2 is 1.85 bits per heavy atom. The first kappa shape index (κ1) is 49.7. The predicted octanol–water partition coefficient (Wildman–Crippen LogP) is 6.41. The second-order valence-electron chi connectivity index (χ2n) is 20.5. The molecule has 4 aromatic rings. The zero-order chi connectivity index (χ0) is 48.6. The van der Waals surface area contributed by atoms with Gasteiger partial charge in [0.05, 0.1) is 30.0 Å². The molecule has 364 valence electrons. The number of cyclic esters (lactones) is 1. The first-order chi connectivity index (χ1) is 32.5. The summed E-state index contributed by atoms with van der Waals surface area (Å²) in [5.41, 5.74) is 10.0. The number of benzene rings is 2. The molecule has 0 saturated carbocycles. The maximum Gasteiger partial charge on any atom is 0.324 e. The number of piperazine rings is 1. The van der Waals surface area contributed by atoms with E-state index in [-0.39, 0.29) is 48.2 Å². The number of carbonyl (C=O) groups excluding carboxylic acids is 3. The highest BCUT2D eigenvalue weighted by Crippen LogP contribution is 2.42. The number of phenols is 1. The van der Waals surface area contributed by atoms with Crippen LogP contribution in [0.25, 0.3) is 33.3 Å². The molecule has 0 spiro atoms. The van der Waals surface area contributed by atoms with Crippen molar-refractivity contribution in [2.24, 2.45) is 17.3 Å². The van der Waals surface area contributed by atoms with Gasteiger partial charge < -0.3 is 33.9 Å². The third kappa shape index (κ3) is 10.3. The molecular formula is C53H71N7O7Si. The summed E-state index contributed by atoms with van der Waals surface area (Å²) in [6.45, 7) is 22.3. The number of pyridine rings is 1. The Labute approximate surface area is 404 Å². The number of ether oxygens (including phenoxy) is 2. The third-order valence-electron chi connectivity index (χ3n) is 14.7. The summed E-state index contributed by atoms with van der Waals surface area (Å²) < 4.78 is 14.3. The first-order valence-electron chi connectivity index (χ1n) is 24.6. The lowest BCUT2D eigenvalue weighted by atomic mass is 9.84. The Bertz CT molecular complexity index is 2520. The highest BCUT2D eigenvalue weighted by Gasteiger charge is 2.41. The van der Waals surface area contributed by atoms with E-state index in [0.29, 0.717) is 44.6 Å². The Kier molecular flexibility index (Phi) is 15.1. The second kappa shape index (κ2) is 20.7. The van der Waals surface area contributed by atoms with Gasteiger partial charge in [-0.1, -0.05) is 46.4 Å². The molecule has 9 atom stereocenters. The number of phenolic OH excluding ortho intramolecular Hbond substituents is 1. The fourth-order valence-corrected chi connectivity index (χ4v) is 12.7. The molecule has 8 bridgehead atoms. The summed E-state index contributed by atoms with van der Waals surface area (Å²) >= 11 is 0. The third-order valence-corrected chi connectivity index (χ3v) is 16.2. The standard InChI is InChI=1S/C53H71N7O7Si/c1-10-59-43-17-16-36-28-40(43)41(48(59)39-14-11-18-54-47(39)34(5)66-9)29-53(6,7)31-67-51(64)42-15-12-21-60(55-42)50(63)45(26-35-24-37(36)27-38(61)25-35)68-52(65)46(32(2)3)33(4)56(8)49(62)44-30-57-19-13-20-58(44)23-22-57/h11,14,16-18,24-25,27-28,32,34,42,44-46,50,55,61,63H,4,10,12-13,15,19-23,26,29-31H2,1-3,5-9H3/t34-,42?,44?,45-,46+,50?/m0/s1. The van der Waals surface area contributed by atoms with Crippen molar-refractivity contribution in [3.8, 4) is 28.1 Å². The molecule has 5 aliphatic rings. The Hall–Kier alpha value is -4.74. The Balaban J connectivity index is 1.19. The Morgan fingerprint density at radius 1 is 1.06 bits per heavy atom. The lowest BCUT2D eigenvalue weighted by Gasteiger charge is -2.40. The molecule has 2 radical (unpaired) electrons. The lowest BCUT2D eigenvalue weighted by Crippen LogP contribution is -2.59. The molecule has 14 nitrogen and oxygen atoms in total. The van der Waals surface area contributed by atoms with Crippen molar-refractivity contribution in [2.45, 2.75) is 110 Å². The average Bonchev–Trinajstić information content (AvgIpc) is 3.47. The van der Waals surface area contributed by atoms with Gasteiger partial charge in [-0.2, -0.15) is 0 Å². The molecule has 4 fully saturated rings. The SMILES string of the molecule is C=C([C@H](C(=O)[Si][C@H]1Cc2cc(O)cc(c2)-c2ccc3c(c2)c(c(-c2cccnc2[C@H](C)OC)n3CC)CC(C)(C)COC(=O)C2CCCN(N2)C1O)C(C)C)N(C)C(=O)C1CN2CCCN1CC2. The zero-order valence-corrected chi connectivity index (χ0v) is 42.3. The lowest BCUT2D eigenvalue weighted by molar-refractivity contribution is -0.155. The zero-order valence-electron chi connectivity index (χ0n) is 41.3. The topological polar surface area (TPSA) is 153 Å². The summed E-state index contributed by atoms with van der Waals surface area (Å²) in [4.78, 5) is 54.1. The van der Waals surface area contributed by atoms with Crippen LogP contribution in [0, 0.1) is 17.3 Å². The quantitative estimate of drug-likeness (QED) is 0.113. The van der Waals surface area contributed by atoms with Gasteiger partial charge >= 0.3 is 5.97 Å². The van der Waals surface area contributed by atoms with E-state index < -0.39 is 44.6 Å². The fourth-order valence-electron chi connectivity index (χ4n) is 11.0. The number of amides is 1. The molecule has 5 aliphatic heterocycles. The number of likely N-dealkylation sites (N-methyl/N-ethyl adjacent to an activating group) is 1. The highest BCUT2D eigenvalue weighted by molar-refractivity contribution is 6.75. The molecule has 0 aliphatic carbocycles. The largest absolute Gasteiger partial charge is 0.508 e. The van der Waals surface area contributed by atoms with Crippen molar-refractivity contribution in [1.29, 1.82) is 0 Å². The van der Waals surface area contributed by atoms with Crippen LogP contribution in [0.4, 0.5) is 0 Å².